The number of hydrogen-bond acceptors (Lipinski definition) is 6. The Labute approximate surface area is 236 Å². The van der Waals surface area contributed by atoms with Crippen LogP contribution in [0.2, 0.25) is 0 Å². The monoisotopic (exact) mass is 549 g/mol. The second-order valence-corrected chi connectivity index (χ2v) is 10.6. The van der Waals surface area contributed by atoms with Gasteiger partial charge in [0.1, 0.15) is 29.8 Å². The first-order valence-corrected chi connectivity index (χ1v) is 13.7. The summed E-state index contributed by atoms with van der Waals surface area (Å²) >= 11 is 1.24. The first-order chi connectivity index (χ1) is 19.5. The Morgan fingerprint density at radius 1 is 1.00 bits per heavy atom. The van der Waals surface area contributed by atoms with Gasteiger partial charge in [0, 0.05) is 22.7 Å². The molecule has 1 aromatic heterocycles. The molecule has 0 aliphatic carbocycles. The summed E-state index contributed by atoms with van der Waals surface area (Å²) in [6, 6.07) is 23.6. The number of rotatable bonds is 8. The number of aryl methyl sites for hydroxylation is 2. The zero-order valence-corrected chi connectivity index (χ0v) is 22.9. The summed E-state index contributed by atoms with van der Waals surface area (Å²) in [5.74, 6) is 1.13. The lowest BCUT2D eigenvalue weighted by Crippen LogP contribution is -2.35. The first kappa shape index (κ1) is 25.6. The van der Waals surface area contributed by atoms with Gasteiger partial charge in [-0.25, -0.2) is 0 Å². The maximum Gasteiger partial charge on any atom is 0.283 e. The van der Waals surface area contributed by atoms with Crippen LogP contribution in [-0.2, 0) is 11.3 Å². The molecule has 0 saturated heterocycles. The molecule has 2 aliphatic rings. The predicted octanol–water partition coefficient (Wildman–Crippen LogP) is 6.04. The summed E-state index contributed by atoms with van der Waals surface area (Å²) in [7, 11) is 0. The highest BCUT2D eigenvalue weighted by Crippen LogP contribution is 2.30. The van der Waals surface area contributed by atoms with Crippen molar-refractivity contribution >= 4 is 50.7 Å². The minimum absolute atomic E-state index is 0.00720. The van der Waals surface area contributed by atoms with E-state index in [1.807, 2.05) is 79.9 Å². The number of amidine groups is 2. The molecule has 3 heterocycles. The van der Waals surface area contributed by atoms with Gasteiger partial charge in [-0.2, -0.15) is 15.1 Å². The molecule has 1 N–H and O–H groups in total. The number of carbonyl (C=O) groups excluding carboxylic acids is 1. The topological polar surface area (TPSA) is 92.3 Å². The number of hydrazone groups is 1. The zero-order valence-electron chi connectivity index (χ0n) is 22.1. The fourth-order valence-electron chi connectivity index (χ4n) is 4.70. The lowest BCUT2D eigenvalue weighted by molar-refractivity contribution is -0.114. The average molecular weight is 550 g/mol. The van der Waals surface area contributed by atoms with Gasteiger partial charge < -0.3 is 14.0 Å². The van der Waals surface area contributed by atoms with Crippen molar-refractivity contribution in [3.05, 3.63) is 101 Å². The summed E-state index contributed by atoms with van der Waals surface area (Å²) in [5.41, 5.74) is 4.35. The van der Waals surface area contributed by atoms with Crippen molar-refractivity contribution in [1.82, 2.24) is 9.58 Å². The van der Waals surface area contributed by atoms with Gasteiger partial charge in [-0.3, -0.25) is 10.2 Å². The van der Waals surface area contributed by atoms with Gasteiger partial charge in [-0.05, 0) is 61.5 Å². The van der Waals surface area contributed by atoms with E-state index >= 15 is 0 Å². The maximum absolute atomic E-state index is 13.0. The standard InChI is InChI=1S/C31H27N5O3S/c1-20-12-13-27(21(2)16-20)38-15-14-35-18-22(24-10-6-7-11-26(24)35)17-25-29(32)36-31(33-30(25)37)40-28(34-36)19-39-23-8-4-3-5-9-23/h3-13,16-18,32H,14-15,19H2,1-2H3/b25-17-,32-29?. The number of para-hydroxylation sites is 2. The maximum atomic E-state index is 13.0. The van der Waals surface area contributed by atoms with Gasteiger partial charge in [-0.1, -0.05) is 54.1 Å². The van der Waals surface area contributed by atoms with Gasteiger partial charge in [-0.15, -0.1) is 0 Å². The van der Waals surface area contributed by atoms with Crippen molar-refractivity contribution in [1.29, 1.82) is 5.41 Å². The average Bonchev–Trinajstić information content (AvgIpc) is 3.53. The molecule has 200 valence electrons. The van der Waals surface area contributed by atoms with E-state index in [0.29, 0.717) is 23.4 Å². The Hall–Kier alpha value is -4.63. The lowest BCUT2D eigenvalue weighted by Gasteiger charge is -2.20. The van der Waals surface area contributed by atoms with Gasteiger partial charge in [0.25, 0.3) is 5.91 Å². The van der Waals surface area contributed by atoms with E-state index < -0.39 is 5.91 Å². The van der Waals surface area contributed by atoms with E-state index in [-0.39, 0.29) is 18.0 Å². The van der Waals surface area contributed by atoms with E-state index in [9.17, 15) is 4.79 Å². The van der Waals surface area contributed by atoms with Crippen LogP contribution < -0.4 is 9.47 Å². The molecule has 0 saturated carbocycles. The minimum Gasteiger partial charge on any atom is -0.491 e. The molecule has 0 bridgehead atoms. The molecule has 1 amide bonds. The minimum atomic E-state index is -0.459. The summed E-state index contributed by atoms with van der Waals surface area (Å²) < 4.78 is 14.0. The van der Waals surface area contributed by atoms with E-state index in [0.717, 1.165) is 33.5 Å². The molecule has 6 rings (SSSR count). The number of aliphatic imine (C=N–C) groups is 1. The predicted molar refractivity (Wildman–Crippen MR) is 160 cm³/mol. The van der Waals surface area contributed by atoms with E-state index in [1.54, 1.807) is 6.08 Å². The fourth-order valence-corrected chi connectivity index (χ4v) is 5.50. The molecular formula is C31H27N5O3S. The number of amides is 1. The van der Waals surface area contributed by atoms with Crippen LogP contribution in [0.1, 0.15) is 16.7 Å². The third-order valence-electron chi connectivity index (χ3n) is 6.64. The van der Waals surface area contributed by atoms with Crippen LogP contribution in [0.3, 0.4) is 0 Å². The van der Waals surface area contributed by atoms with Crippen molar-refractivity contribution in [3.8, 4) is 11.5 Å². The molecule has 0 spiro atoms. The largest absolute Gasteiger partial charge is 0.491 e. The normalized spacial score (nSPS) is 15.8. The van der Waals surface area contributed by atoms with Crippen molar-refractivity contribution < 1.29 is 14.3 Å². The number of ether oxygens (including phenoxy) is 2. The highest BCUT2D eigenvalue weighted by Gasteiger charge is 2.36. The van der Waals surface area contributed by atoms with Crippen molar-refractivity contribution in [2.75, 3.05) is 13.2 Å². The lowest BCUT2D eigenvalue weighted by atomic mass is 10.1. The van der Waals surface area contributed by atoms with Crippen LogP contribution in [0.25, 0.3) is 17.0 Å². The van der Waals surface area contributed by atoms with Crippen molar-refractivity contribution in [2.45, 2.75) is 20.4 Å². The Morgan fingerprint density at radius 2 is 1.80 bits per heavy atom. The third kappa shape index (κ3) is 5.15. The Kier molecular flexibility index (Phi) is 6.96. The van der Waals surface area contributed by atoms with Crippen LogP contribution in [0.4, 0.5) is 0 Å². The second-order valence-electron chi connectivity index (χ2n) is 9.53. The molecule has 0 unspecified atom stereocenters. The van der Waals surface area contributed by atoms with Gasteiger partial charge >= 0.3 is 0 Å². The molecule has 3 aromatic carbocycles. The molecule has 40 heavy (non-hydrogen) atoms. The second kappa shape index (κ2) is 10.9. The van der Waals surface area contributed by atoms with Gasteiger partial charge in [0.05, 0.1) is 12.1 Å². The van der Waals surface area contributed by atoms with Crippen molar-refractivity contribution in [2.24, 2.45) is 10.1 Å². The van der Waals surface area contributed by atoms with Gasteiger partial charge in [0.15, 0.2) is 5.84 Å². The SMILES string of the molecule is Cc1ccc(OCCn2cc(/C=C3/C(=N)N4N=C(COc5ccccc5)SC4=NC3=O)c3ccccc32)c(C)c1. The molecule has 4 aromatic rings. The van der Waals surface area contributed by atoms with Crippen LogP contribution in [0.5, 0.6) is 11.5 Å². The van der Waals surface area contributed by atoms with Gasteiger partial charge in [0.2, 0.25) is 5.17 Å². The third-order valence-corrected chi connectivity index (χ3v) is 7.52. The van der Waals surface area contributed by atoms with E-state index in [2.05, 4.69) is 27.7 Å². The summed E-state index contributed by atoms with van der Waals surface area (Å²) in [6.07, 6.45) is 3.72. The number of aromatic nitrogens is 1. The first-order valence-electron chi connectivity index (χ1n) is 12.9. The number of carbonyl (C=O) groups is 1. The summed E-state index contributed by atoms with van der Waals surface area (Å²) in [4.78, 5) is 17.2. The molecule has 8 nitrogen and oxygen atoms in total. The highest BCUT2D eigenvalue weighted by molar-refractivity contribution is 8.27. The fraction of sp³-hybridized carbons (Fsp3) is 0.161. The molecule has 2 aliphatic heterocycles. The summed E-state index contributed by atoms with van der Waals surface area (Å²) in [5, 5.41) is 16.6. The van der Waals surface area contributed by atoms with E-state index in [1.165, 1.54) is 22.3 Å². The van der Waals surface area contributed by atoms with Crippen LogP contribution >= 0.6 is 11.8 Å². The summed E-state index contributed by atoms with van der Waals surface area (Å²) in [6.45, 7) is 5.46. The molecule has 0 atom stereocenters. The quantitative estimate of drug-likeness (QED) is 0.271. The Morgan fingerprint density at radius 3 is 2.62 bits per heavy atom. The smallest absolute Gasteiger partial charge is 0.283 e. The zero-order chi connectivity index (χ0) is 27.6. The molecule has 9 heteroatoms. The van der Waals surface area contributed by atoms with E-state index in [4.69, 9.17) is 14.9 Å². The molecule has 0 fully saturated rings. The number of nitrogens with one attached hydrogen (secondary N) is 1. The molecule has 0 radical (unpaired) electrons. The number of benzene rings is 3. The number of nitrogens with zero attached hydrogens (tertiary/aromatic N) is 4. The Bertz CT molecular complexity index is 1720. The van der Waals surface area contributed by atoms with Crippen LogP contribution in [0.15, 0.2) is 94.7 Å². The number of thioether (sulfide) groups is 1. The Balaban J connectivity index is 1.21. The number of fused-ring (bicyclic) bond motifs is 2. The highest BCUT2D eigenvalue weighted by atomic mass is 32.2. The molecular weight excluding hydrogens is 522 g/mol. The van der Waals surface area contributed by atoms with Crippen LogP contribution in [-0.4, -0.2) is 44.7 Å². The number of hydrogen-bond donors (Lipinski definition) is 1. The van der Waals surface area contributed by atoms with Crippen molar-refractivity contribution in [3.63, 3.8) is 0 Å². The van der Waals surface area contributed by atoms with Crippen LogP contribution in [0, 0.1) is 19.3 Å².